The number of carbonyl (C=O) groups excluding carboxylic acids is 1. The molecule has 1 fully saturated rings. The Morgan fingerprint density at radius 3 is 2.85 bits per heavy atom. The van der Waals surface area contributed by atoms with Crippen LogP contribution >= 0.6 is 0 Å². The topological polar surface area (TPSA) is 50.8 Å². The van der Waals surface area contributed by atoms with E-state index in [1.807, 2.05) is 29.2 Å². The average molecular weight is 276 g/mol. The predicted octanol–water partition coefficient (Wildman–Crippen LogP) is 1.04. The molecule has 1 N–H and O–H groups in total. The molecule has 0 spiro atoms. The molecular formula is C15H20N2O3. The molecule has 1 amide bonds. The lowest BCUT2D eigenvalue weighted by molar-refractivity contribution is -0.143. The van der Waals surface area contributed by atoms with E-state index in [-0.39, 0.29) is 18.1 Å². The lowest BCUT2D eigenvalue weighted by Gasteiger charge is -2.40. The molecule has 5 nitrogen and oxygen atoms in total. The Kier molecular flexibility index (Phi) is 3.30. The maximum Gasteiger partial charge on any atom is 0.267 e. The average Bonchev–Trinajstić information content (AvgIpc) is 2.45. The molecule has 2 aliphatic heterocycles. The molecule has 1 aromatic carbocycles. The maximum atomic E-state index is 12.5. The van der Waals surface area contributed by atoms with E-state index in [1.54, 1.807) is 0 Å². The lowest BCUT2D eigenvalue weighted by Crippen LogP contribution is -2.61. The number of para-hydroxylation sites is 2. The fourth-order valence-electron chi connectivity index (χ4n) is 2.67. The Balaban J connectivity index is 1.70. The molecule has 20 heavy (non-hydrogen) atoms. The van der Waals surface area contributed by atoms with Gasteiger partial charge in [0.25, 0.3) is 5.91 Å². The van der Waals surface area contributed by atoms with Crippen molar-refractivity contribution >= 4 is 5.91 Å². The molecule has 0 saturated carbocycles. The number of fused-ring (bicyclic) bond motifs is 1. The minimum Gasteiger partial charge on any atom is -0.485 e. The largest absolute Gasteiger partial charge is 0.485 e. The van der Waals surface area contributed by atoms with Crippen molar-refractivity contribution < 1.29 is 14.3 Å². The Morgan fingerprint density at radius 2 is 2.10 bits per heavy atom. The van der Waals surface area contributed by atoms with Crippen molar-refractivity contribution in [3.05, 3.63) is 24.3 Å². The summed E-state index contributed by atoms with van der Waals surface area (Å²) in [6.45, 7) is 6.68. The van der Waals surface area contributed by atoms with Gasteiger partial charge in [0.15, 0.2) is 11.5 Å². The van der Waals surface area contributed by atoms with Crippen LogP contribution in [0.4, 0.5) is 0 Å². The second-order valence-electron chi connectivity index (χ2n) is 5.93. The lowest BCUT2D eigenvalue weighted by atomic mass is 10.0. The maximum absolute atomic E-state index is 12.5. The molecular weight excluding hydrogens is 256 g/mol. The highest BCUT2D eigenvalue weighted by Gasteiger charge is 2.35. The van der Waals surface area contributed by atoms with Gasteiger partial charge in [0, 0.05) is 25.2 Å². The van der Waals surface area contributed by atoms with E-state index in [2.05, 4.69) is 19.2 Å². The van der Waals surface area contributed by atoms with Gasteiger partial charge in [-0.05, 0) is 26.0 Å². The highest BCUT2D eigenvalue weighted by atomic mass is 16.6. The summed E-state index contributed by atoms with van der Waals surface area (Å²) in [6.07, 6.45) is -0.543. The molecule has 0 bridgehead atoms. The number of benzene rings is 1. The third kappa shape index (κ3) is 2.58. The summed E-state index contributed by atoms with van der Waals surface area (Å²) in [7, 11) is 0. The third-order valence-corrected chi connectivity index (χ3v) is 3.67. The first-order chi connectivity index (χ1) is 9.55. The Labute approximate surface area is 118 Å². The number of nitrogens with one attached hydrogen (secondary N) is 1. The van der Waals surface area contributed by atoms with Gasteiger partial charge < -0.3 is 19.7 Å². The highest BCUT2D eigenvalue weighted by Crippen LogP contribution is 2.31. The van der Waals surface area contributed by atoms with Gasteiger partial charge in [-0.25, -0.2) is 0 Å². The summed E-state index contributed by atoms with van der Waals surface area (Å²) in [6, 6.07) is 7.45. The van der Waals surface area contributed by atoms with Crippen molar-refractivity contribution in [2.45, 2.75) is 25.5 Å². The monoisotopic (exact) mass is 276 g/mol. The minimum atomic E-state index is -0.543. The molecule has 1 aromatic rings. The molecule has 0 radical (unpaired) electrons. The fourth-order valence-corrected chi connectivity index (χ4v) is 2.67. The van der Waals surface area contributed by atoms with Crippen LogP contribution in [0.25, 0.3) is 0 Å². The number of hydrogen-bond donors (Lipinski definition) is 1. The first-order valence-electron chi connectivity index (χ1n) is 6.97. The first-order valence-corrected chi connectivity index (χ1v) is 6.97. The second-order valence-corrected chi connectivity index (χ2v) is 5.93. The smallest absolute Gasteiger partial charge is 0.267 e. The van der Waals surface area contributed by atoms with Crippen LogP contribution in [0.5, 0.6) is 11.5 Å². The first kappa shape index (κ1) is 13.2. The van der Waals surface area contributed by atoms with Crippen molar-refractivity contribution in [1.82, 2.24) is 10.2 Å². The van der Waals surface area contributed by atoms with Crippen molar-refractivity contribution in [2.75, 3.05) is 26.2 Å². The molecule has 1 atom stereocenters. The van der Waals surface area contributed by atoms with Crippen LogP contribution in [0.3, 0.4) is 0 Å². The molecule has 5 heteroatoms. The van der Waals surface area contributed by atoms with Crippen LogP contribution in [-0.4, -0.2) is 48.7 Å². The zero-order valence-corrected chi connectivity index (χ0v) is 11.9. The van der Waals surface area contributed by atoms with Gasteiger partial charge in [-0.3, -0.25) is 4.79 Å². The molecule has 108 valence electrons. The van der Waals surface area contributed by atoms with E-state index in [4.69, 9.17) is 9.47 Å². The summed E-state index contributed by atoms with van der Waals surface area (Å²) in [5.74, 6) is 1.36. The molecule has 0 aromatic heterocycles. The van der Waals surface area contributed by atoms with Crippen LogP contribution in [0.1, 0.15) is 13.8 Å². The second kappa shape index (κ2) is 4.98. The predicted molar refractivity (Wildman–Crippen MR) is 75.0 cm³/mol. The SMILES string of the molecule is CC1(C)CN(C(=O)C2COc3ccccc3O2)CCN1. The van der Waals surface area contributed by atoms with Gasteiger partial charge in [0.2, 0.25) is 6.10 Å². The van der Waals surface area contributed by atoms with Gasteiger partial charge >= 0.3 is 0 Å². The van der Waals surface area contributed by atoms with E-state index in [1.165, 1.54) is 0 Å². The van der Waals surface area contributed by atoms with E-state index in [0.717, 1.165) is 6.54 Å². The number of carbonyl (C=O) groups is 1. The Hall–Kier alpha value is -1.75. The quantitative estimate of drug-likeness (QED) is 0.832. The normalized spacial score (nSPS) is 24.3. The zero-order valence-electron chi connectivity index (χ0n) is 11.9. The van der Waals surface area contributed by atoms with Gasteiger partial charge in [-0.15, -0.1) is 0 Å². The van der Waals surface area contributed by atoms with Crippen molar-refractivity contribution in [3.8, 4) is 11.5 Å². The highest BCUT2D eigenvalue weighted by molar-refractivity contribution is 5.82. The van der Waals surface area contributed by atoms with Crippen LogP contribution in [0.2, 0.25) is 0 Å². The number of ether oxygens (including phenoxy) is 2. The van der Waals surface area contributed by atoms with Crippen LogP contribution in [0, 0.1) is 0 Å². The van der Waals surface area contributed by atoms with Crippen molar-refractivity contribution in [3.63, 3.8) is 0 Å². The van der Waals surface area contributed by atoms with Gasteiger partial charge in [-0.2, -0.15) is 0 Å². The van der Waals surface area contributed by atoms with E-state index in [9.17, 15) is 4.79 Å². The summed E-state index contributed by atoms with van der Waals surface area (Å²) < 4.78 is 11.4. The summed E-state index contributed by atoms with van der Waals surface area (Å²) in [5, 5.41) is 3.40. The van der Waals surface area contributed by atoms with Gasteiger partial charge in [0.05, 0.1) is 0 Å². The van der Waals surface area contributed by atoms with Crippen molar-refractivity contribution in [1.29, 1.82) is 0 Å². The van der Waals surface area contributed by atoms with E-state index in [0.29, 0.717) is 24.6 Å². The Bertz CT molecular complexity index is 516. The molecule has 3 rings (SSSR count). The van der Waals surface area contributed by atoms with E-state index < -0.39 is 6.10 Å². The van der Waals surface area contributed by atoms with Crippen LogP contribution in [-0.2, 0) is 4.79 Å². The molecule has 0 aliphatic carbocycles. The third-order valence-electron chi connectivity index (χ3n) is 3.67. The molecule has 2 aliphatic rings. The summed E-state index contributed by atoms with van der Waals surface area (Å²) in [4.78, 5) is 14.4. The van der Waals surface area contributed by atoms with Gasteiger partial charge in [-0.1, -0.05) is 12.1 Å². The Morgan fingerprint density at radius 1 is 1.35 bits per heavy atom. The standard InChI is InChI=1S/C15H20N2O3/c1-15(2)10-17(8-7-16-15)14(18)13-9-19-11-5-3-4-6-12(11)20-13/h3-6,13,16H,7-10H2,1-2H3. The number of amides is 1. The van der Waals surface area contributed by atoms with E-state index >= 15 is 0 Å². The number of nitrogens with zero attached hydrogens (tertiary/aromatic N) is 1. The van der Waals surface area contributed by atoms with Crippen LogP contribution in [0.15, 0.2) is 24.3 Å². The van der Waals surface area contributed by atoms with Gasteiger partial charge in [0.1, 0.15) is 6.61 Å². The number of piperazine rings is 1. The summed E-state index contributed by atoms with van der Waals surface area (Å²) >= 11 is 0. The fraction of sp³-hybridized carbons (Fsp3) is 0.533. The molecule has 2 heterocycles. The van der Waals surface area contributed by atoms with Crippen LogP contribution < -0.4 is 14.8 Å². The molecule has 1 unspecified atom stereocenters. The zero-order chi connectivity index (χ0) is 14.2. The molecule has 1 saturated heterocycles. The number of rotatable bonds is 1. The van der Waals surface area contributed by atoms with Crippen molar-refractivity contribution in [2.24, 2.45) is 0 Å². The number of hydrogen-bond acceptors (Lipinski definition) is 4. The minimum absolute atomic E-state index is 0.00841. The summed E-state index contributed by atoms with van der Waals surface area (Å²) in [5.41, 5.74) is -0.0542.